The van der Waals surface area contributed by atoms with Gasteiger partial charge in [0.1, 0.15) is 5.75 Å². The lowest BCUT2D eigenvalue weighted by molar-refractivity contribution is -0.130. The number of phenols is 1. The summed E-state index contributed by atoms with van der Waals surface area (Å²) in [4.78, 5) is 13.5. The van der Waals surface area contributed by atoms with Crippen molar-refractivity contribution < 1.29 is 9.90 Å². The Morgan fingerprint density at radius 2 is 2.11 bits per heavy atom. The highest BCUT2D eigenvalue weighted by atomic mass is 16.3. The van der Waals surface area contributed by atoms with Crippen LogP contribution < -0.4 is 5.73 Å². The SMILES string of the molecule is CN(Cc1cccc(O)c1)C(=O)CCCCCN. The average Bonchev–Trinajstić information content (AvgIpc) is 2.34. The van der Waals surface area contributed by atoms with Crippen molar-refractivity contribution in [2.45, 2.75) is 32.2 Å². The summed E-state index contributed by atoms with van der Waals surface area (Å²) < 4.78 is 0. The highest BCUT2D eigenvalue weighted by molar-refractivity contribution is 5.75. The molecule has 0 unspecified atom stereocenters. The Balaban J connectivity index is 2.35. The fraction of sp³-hybridized carbons (Fsp3) is 0.500. The lowest BCUT2D eigenvalue weighted by atomic mass is 10.1. The summed E-state index contributed by atoms with van der Waals surface area (Å²) in [6.45, 7) is 1.22. The number of hydrogen-bond donors (Lipinski definition) is 2. The van der Waals surface area contributed by atoms with Crippen LogP contribution in [0.3, 0.4) is 0 Å². The maximum absolute atomic E-state index is 11.8. The van der Waals surface area contributed by atoms with Crippen LogP contribution >= 0.6 is 0 Å². The molecule has 1 amide bonds. The summed E-state index contributed by atoms with van der Waals surface area (Å²) in [5.41, 5.74) is 6.34. The predicted octanol–water partition coefficient (Wildman–Crippen LogP) is 1.87. The number of phenolic OH excluding ortho intramolecular Hbond substituents is 1. The topological polar surface area (TPSA) is 66.6 Å². The summed E-state index contributed by atoms with van der Waals surface area (Å²) >= 11 is 0. The van der Waals surface area contributed by atoms with Crippen LogP contribution in [0.25, 0.3) is 0 Å². The highest BCUT2D eigenvalue weighted by Crippen LogP contribution is 2.13. The van der Waals surface area contributed by atoms with E-state index < -0.39 is 0 Å². The zero-order chi connectivity index (χ0) is 13.4. The van der Waals surface area contributed by atoms with Crippen LogP contribution in [0.5, 0.6) is 5.75 Å². The fourth-order valence-corrected chi connectivity index (χ4v) is 1.81. The minimum absolute atomic E-state index is 0.135. The molecule has 0 saturated carbocycles. The third kappa shape index (κ3) is 5.19. The van der Waals surface area contributed by atoms with Gasteiger partial charge in [0.25, 0.3) is 0 Å². The van der Waals surface area contributed by atoms with Crippen LogP contribution in [-0.4, -0.2) is 29.5 Å². The molecule has 0 aliphatic rings. The zero-order valence-corrected chi connectivity index (χ0v) is 10.9. The van der Waals surface area contributed by atoms with Crippen LogP contribution in [-0.2, 0) is 11.3 Å². The van der Waals surface area contributed by atoms with Crippen LogP contribution in [0.2, 0.25) is 0 Å². The Hall–Kier alpha value is -1.55. The van der Waals surface area contributed by atoms with Gasteiger partial charge < -0.3 is 15.7 Å². The Labute approximate surface area is 108 Å². The van der Waals surface area contributed by atoms with Gasteiger partial charge in [0.15, 0.2) is 0 Å². The number of carbonyl (C=O) groups excluding carboxylic acids is 1. The summed E-state index contributed by atoms with van der Waals surface area (Å²) in [5.74, 6) is 0.367. The molecule has 0 saturated heterocycles. The maximum atomic E-state index is 11.8. The van der Waals surface area contributed by atoms with Crippen molar-refractivity contribution in [2.75, 3.05) is 13.6 Å². The number of carbonyl (C=O) groups is 1. The average molecular weight is 250 g/mol. The fourth-order valence-electron chi connectivity index (χ4n) is 1.81. The Bertz CT molecular complexity index is 380. The van der Waals surface area contributed by atoms with Crippen LogP contribution in [0.4, 0.5) is 0 Å². The van der Waals surface area contributed by atoms with E-state index in [2.05, 4.69) is 0 Å². The van der Waals surface area contributed by atoms with Gasteiger partial charge in [-0.15, -0.1) is 0 Å². The first kappa shape index (κ1) is 14.5. The van der Waals surface area contributed by atoms with E-state index in [9.17, 15) is 9.90 Å². The highest BCUT2D eigenvalue weighted by Gasteiger charge is 2.08. The van der Waals surface area contributed by atoms with Gasteiger partial charge in [-0.2, -0.15) is 0 Å². The molecule has 4 nitrogen and oxygen atoms in total. The van der Waals surface area contributed by atoms with Gasteiger partial charge in [-0.3, -0.25) is 4.79 Å². The molecule has 0 atom stereocenters. The summed E-state index contributed by atoms with van der Waals surface area (Å²) in [6.07, 6.45) is 3.43. The van der Waals surface area contributed by atoms with Crippen molar-refractivity contribution in [1.29, 1.82) is 0 Å². The quantitative estimate of drug-likeness (QED) is 0.726. The molecule has 1 aromatic carbocycles. The largest absolute Gasteiger partial charge is 0.508 e. The molecule has 1 rings (SSSR count). The normalized spacial score (nSPS) is 10.3. The summed E-state index contributed by atoms with van der Waals surface area (Å²) in [5, 5.41) is 9.35. The number of hydrogen-bond acceptors (Lipinski definition) is 3. The third-order valence-corrected chi connectivity index (χ3v) is 2.85. The zero-order valence-electron chi connectivity index (χ0n) is 10.9. The molecule has 18 heavy (non-hydrogen) atoms. The Morgan fingerprint density at radius 1 is 1.33 bits per heavy atom. The van der Waals surface area contributed by atoms with E-state index in [1.807, 2.05) is 6.07 Å². The molecule has 0 bridgehead atoms. The molecule has 4 heteroatoms. The van der Waals surface area contributed by atoms with Gasteiger partial charge in [-0.1, -0.05) is 18.6 Å². The van der Waals surface area contributed by atoms with Gasteiger partial charge in [-0.25, -0.2) is 0 Å². The number of unbranched alkanes of at least 4 members (excludes halogenated alkanes) is 2. The summed E-state index contributed by atoms with van der Waals surface area (Å²) in [6, 6.07) is 6.98. The molecule has 100 valence electrons. The van der Waals surface area contributed by atoms with Crippen molar-refractivity contribution in [2.24, 2.45) is 5.73 Å². The van der Waals surface area contributed by atoms with Gasteiger partial charge in [0.2, 0.25) is 5.91 Å². The molecule has 0 aliphatic heterocycles. The van der Waals surface area contributed by atoms with Crippen molar-refractivity contribution in [1.82, 2.24) is 4.90 Å². The van der Waals surface area contributed by atoms with Crippen LogP contribution in [0.15, 0.2) is 24.3 Å². The first-order valence-corrected chi connectivity index (χ1v) is 6.35. The molecule has 0 heterocycles. The van der Waals surface area contributed by atoms with Gasteiger partial charge in [0.05, 0.1) is 0 Å². The number of amides is 1. The van der Waals surface area contributed by atoms with Crippen molar-refractivity contribution in [3.63, 3.8) is 0 Å². The second kappa shape index (κ2) is 7.71. The van der Waals surface area contributed by atoms with Gasteiger partial charge in [-0.05, 0) is 37.1 Å². The molecule has 0 aliphatic carbocycles. The van der Waals surface area contributed by atoms with E-state index in [4.69, 9.17) is 5.73 Å². The standard InChI is InChI=1S/C14H22N2O2/c1-16(14(18)8-3-2-4-9-15)11-12-6-5-7-13(17)10-12/h5-7,10,17H,2-4,8-9,11,15H2,1H3. The number of rotatable bonds is 7. The van der Waals surface area contributed by atoms with E-state index in [-0.39, 0.29) is 11.7 Å². The second-order valence-electron chi connectivity index (χ2n) is 4.52. The van der Waals surface area contributed by atoms with Gasteiger partial charge in [0, 0.05) is 20.0 Å². The lowest BCUT2D eigenvalue weighted by Gasteiger charge is -2.17. The van der Waals surface area contributed by atoms with E-state index in [0.717, 1.165) is 24.8 Å². The molecule has 0 spiro atoms. The first-order valence-electron chi connectivity index (χ1n) is 6.35. The van der Waals surface area contributed by atoms with E-state index in [1.54, 1.807) is 30.1 Å². The van der Waals surface area contributed by atoms with Gasteiger partial charge >= 0.3 is 0 Å². The minimum Gasteiger partial charge on any atom is -0.508 e. The molecule has 1 aromatic rings. The smallest absolute Gasteiger partial charge is 0.222 e. The maximum Gasteiger partial charge on any atom is 0.222 e. The summed E-state index contributed by atoms with van der Waals surface area (Å²) in [7, 11) is 1.79. The molecule has 0 fully saturated rings. The van der Waals surface area contributed by atoms with Crippen molar-refractivity contribution in [3.05, 3.63) is 29.8 Å². The van der Waals surface area contributed by atoms with Crippen LogP contribution in [0, 0.1) is 0 Å². The minimum atomic E-state index is 0.135. The third-order valence-electron chi connectivity index (χ3n) is 2.85. The Morgan fingerprint density at radius 3 is 2.78 bits per heavy atom. The monoisotopic (exact) mass is 250 g/mol. The predicted molar refractivity (Wildman–Crippen MR) is 72.1 cm³/mol. The van der Waals surface area contributed by atoms with Crippen LogP contribution in [0.1, 0.15) is 31.2 Å². The van der Waals surface area contributed by atoms with E-state index in [1.165, 1.54) is 0 Å². The molecule has 3 N–H and O–H groups in total. The number of nitrogens with zero attached hydrogens (tertiary/aromatic N) is 1. The van der Waals surface area contributed by atoms with Crippen molar-refractivity contribution in [3.8, 4) is 5.75 Å². The molecule has 0 aromatic heterocycles. The second-order valence-corrected chi connectivity index (χ2v) is 4.52. The number of benzene rings is 1. The van der Waals surface area contributed by atoms with Crippen molar-refractivity contribution >= 4 is 5.91 Å². The Kier molecular flexibility index (Phi) is 6.22. The molecular weight excluding hydrogens is 228 g/mol. The first-order chi connectivity index (χ1) is 8.63. The number of nitrogens with two attached hydrogens (primary N) is 1. The molecule has 0 radical (unpaired) electrons. The van der Waals surface area contributed by atoms with E-state index >= 15 is 0 Å². The number of aromatic hydroxyl groups is 1. The lowest BCUT2D eigenvalue weighted by Crippen LogP contribution is -2.25. The molecular formula is C14H22N2O2. The van der Waals surface area contributed by atoms with E-state index in [0.29, 0.717) is 19.5 Å².